The predicted molar refractivity (Wildman–Crippen MR) is 67.0 cm³/mol. The second-order valence-electron chi connectivity index (χ2n) is 3.92. The molecule has 0 unspecified atom stereocenters. The van der Waals surface area contributed by atoms with E-state index in [0.717, 1.165) is 0 Å². The molecule has 18 heavy (non-hydrogen) atoms. The van der Waals surface area contributed by atoms with Crippen LogP contribution >= 0.6 is 0 Å². The lowest BCUT2D eigenvalue weighted by Crippen LogP contribution is -2.25. The Bertz CT molecular complexity index is 655. The quantitative estimate of drug-likeness (QED) is 0.863. The highest BCUT2D eigenvalue weighted by molar-refractivity contribution is 5.74. The first-order chi connectivity index (χ1) is 8.77. The molecule has 0 saturated heterocycles. The molecule has 0 saturated carbocycles. The summed E-state index contributed by atoms with van der Waals surface area (Å²) in [6, 6.07) is 9.22. The van der Waals surface area contributed by atoms with Crippen molar-refractivity contribution in [2.45, 2.75) is 19.4 Å². The molecule has 92 valence electrons. The van der Waals surface area contributed by atoms with E-state index in [9.17, 15) is 4.79 Å². The van der Waals surface area contributed by atoms with Crippen molar-refractivity contribution >= 4 is 11.0 Å². The summed E-state index contributed by atoms with van der Waals surface area (Å²) >= 11 is 0. The van der Waals surface area contributed by atoms with Crippen LogP contribution < -0.4 is 5.56 Å². The normalized spacial score (nSPS) is 10.4. The Morgan fingerprint density at radius 1 is 1.39 bits per heavy atom. The molecule has 0 spiro atoms. The highest BCUT2D eigenvalue weighted by atomic mass is 16.2. The third kappa shape index (κ3) is 2.24. The minimum atomic E-state index is -0.247. The van der Waals surface area contributed by atoms with Gasteiger partial charge in [-0.1, -0.05) is 12.1 Å². The van der Waals surface area contributed by atoms with E-state index >= 15 is 0 Å². The fourth-order valence-electron chi connectivity index (χ4n) is 1.88. The zero-order valence-electron chi connectivity index (χ0n) is 9.83. The van der Waals surface area contributed by atoms with Crippen LogP contribution in [0.15, 0.2) is 29.1 Å². The van der Waals surface area contributed by atoms with E-state index in [-0.39, 0.29) is 18.7 Å². The van der Waals surface area contributed by atoms with Crippen LogP contribution in [-0.4, -0.2) is 21.3 Å². The summed E-state index contributed by atoms with van der Waals surface area (Å²) in [6.07, 6.45) is 0.915. The Morgan fingerprint density at radius 3 is 2.89 bits per heavy atom. The van der Waals surface area contributed by atoms with E-state index in [4.69, 9.17) is 10.4 Å². The van der Waals surface area contributed by atoms with Crippen LogP contribution in [0.1, 0.15) is 12.1 Å². The predicted octanol–water partition coefficient (Wildman–Crippen LogP) is 0.845. The van der Waals surface area contributed by atoms with Gasteiger partial charge in [0.25, 0.3) is 5.56 Å². The van der Waals surface area contributed by atoms with Crippen LogP contribution in [0, 0.1) is 11.3 Å². The summed E-state index contributed by atoms with van der Waals surface area (Å²) in [5.74, 6) is 0. The number of hydrogen-bond acceptors (Lipinski definition) is 4. The number of nitrogens with zero attached hydrogens (tertiary/aromatic N) is 3. The highest BCUT2D eigenvalue weighted by Crippen LogP contribution is 2.10. The SMILES string of the molecule is N#CCn1c(=O)c(CCCO)nc2ccccc21. The van der Waals surface area contributed by atoms with E-state index in [2.05, 4.69) is 4.98 Å². The third-order valence-corrected chi connectivity index (χ3v) is 2.72. The van der Waals surface area contributed by atoms with Crippen molar-refractivity contribution in [1.29, 1.82) is 5.26 Å². The van der Waals surface area contributed by atoms with E-state index in [0.29, 0.717) is 29.6 Å². The third-order valence-electron chi connectivity index (χ3n) is 2.72. The molecule has 5 heteroatoms. The molecule has 0 radical (unpaired) electrons. The van der Waals surface area contributed by atoms with Gasteiger partial charge in [-0.2, -0.15) is 5.26 Å². The number of rotatable bonds is 4. The minimum Gasteiger partial charge on any atom is -0.396 e. The average molecular weight is 243 g/mol. The zero-order valence-corrected chi connectivity index (χ0v) is 9.83. The number of benzene rings is 1. The maximum Gasteiger partial charge on any atom is 0.273 e. The summed E-state index contributed by atoms with van der Waals surface area (Å²) in [7, 11) is 0. The summed E-state index contributed by atoms with van der Waals surface area (Å²) in [4.78, 5) is 16.4. The maximum absolute atomic E-state index is 12.1. The molecule has 2 aromatic rings. The van der Waals surface area contributed by atoms with Gasteiger partial charge in [0, 0.05) is 6.61 Å². The molecule has 0 aliphatic carbocycles. The number of para-hydroxylation sites is 2. The molecule has 1 heterocycles. The molecule has 1 aromatic heterocycles. The van der Waals surface area contributed by atoms with Crippen molar-refractivity contribution in [1.82, 2.24) is 9.55 Å². The molecule has 0 aliphatic heterocycles. The van der Waals surface area contributed by atoms with Gasteiger partial charge >= 0.3 is 0 Å². The first kappa shape index (κ1) is 12.3. The summed E-state index contributed by atoms with van der Waals surface area (Å²) in [6.45, 7) is 0.0280. The molecule has 0 bridgehead atoms. The van der Waals surface area contributed by atoms with E-state index < -0.39 is 0 Å². The van der Waals surface area contributed by atoms with Crippen LogP contribution in [0.5, 0.6) is 0 Å². The first-order valence-corrected chi connectivity index (χ1v) is 5.74. The second kappa shape index (κ2) is 5.43. The van der Waals surface area contributed by atoms with Crippen LogP contribution in [0.4, 0.5) is 0 Å². The molecule has 0 atom stereocenters. The van der Waals surface area contributed by atoms with E-state index in [1.165, 1.54) is 4.57 Å². The standard InChI is InChI=1S/C13H13N3O2/c14-7-8-16-12-6-2-1-4-10(12)15-11(13(16)18)5-3-9-17/h1-2,4,6,17H,3,5,8-9H2. The summed E-state index contributed by atoms with van der Waals surface area (Å²) in [5.41, 5.74) is 1.51. The molecular formula is C13H13N3O2. The summed E-state index contributed by atoms with van der Waals surface area (Å²) < 4.78 is 1.43. The molecule has 0 aliphatic rings. The van der Waals surface area contributed by atoms with Crippen molar-refractivity contribution in [3.05, 3.63) is 40.3 Å². The molecule has 0 amide bonds. The molecule has 2 rings (SSSR count). The van der Waals surface area contributed by atoms with E-state index in [1.54, 1.807) is 6.07 Å². The van der Waals surface area contributed by atoms with Gasteiger partial charge in [0.1, 0.15) is 12.2 Å². The number of aliphatic hydroxyl groups excluding tert-OH is 1. The molecule has 5 nitrogen and oxygen atoms in total. The number of nitriles is 1. The Kier molecular flexibility index (Phi) is 3.70. The lowest BCUT2D eigenvalue weighted by molar-refractivity contribution is 0.288. The topological polar surface area (TPSA) is 78.9 Å². The number of fused-ring (bicyclic) bond motifs is 1. The Hall–Kier alpha value is -2.19. The van der Waals surface area contributed by atoms with Gasteiger partial charge in [-0.05, 0) is 25.0 Å². The zero-order chi connectivity index (χ0) is 13.0. The van der Waals surface area contributed by atoms with E-state index in [1.807, 2.05) is 24.3 Å². The lowest BCUT2D eigenvalue weighted by atomic mass is 10.2. The van der Waals surface area contributed by atoms with Crippen molar-refractivity contribution in [2.24, 2.45) is 0 Å². The minimum absolute atomic E-state index is 0.00793. The average Bonchev–Trinajstić information content (AvgIpc) is 2.40. The van der Waals surface area contributed by atoms with Crippen LogP contribution in [0.3, 0.4) is 0 Å². The van der Waals surface area contributed by atoms with Crippen molar-refractivity contribution in [3.8, 4) is 6.07 Å². The fraction of sp³-hybridized carbons (Fsp3) is 0.308. The molecule has 0 fully saturated rings. The van der Waals surface area contributed by atoms with Gasteiger partial charge in [0.15, 0.2) is 0 Å². The van der Waals surface area contributed by atoms with Gasteiger partial charge in [-0.3, -0.25) is 9.36 Å². The van der Waals surface area contributed by atoms with Gasteiger partial charge in [-0.15, -0.1) is 0 Å². The van der Waals surface area contributed by atoms with Crippen LogP contribution in [-0.2, 0) is 13.0 Å². The van der Waals surface area contributed by atoms with Crippen molar-refractivity contribution in [2.75, 3.05) is 6.61 Å². The van der Waals surface area contributed by atoms with Crippen LogP contribution in [0.25, 0.3) is 11.0 Å². The highest BCUT2D eigenvalue weighted by Gasteiger charge is 2.09. The molecular weight excluding hydrogens is 230 g/mol. The monoisotopic (exact) mass is 243 g/mol. The summed E-state index contributed by atoms with van der Waals surface area (Å²) in [5, 5.41) is 17.6. The largest absolute Gasteiger partial charge is 0.396 e. The maximum atomic E-state index is 12.1. The Balaban J connectivity index is 2.64. The van der Waals surface area contributed by atoms with Crippen LogP contribution in [0.2, 0.25) is 0 Å². The Labute approximate surface area is 104 Å². The van der Waals surface area contributed by atoms with Gasteiger partial charge in [-0.25, -0.2) is 4.98 Å². The number of aliphatic hydroxyl groups is 1. The van der Waals surface area contributed by atoms with Crippen molar-refractivity contribution < 1.29 is 5.11 Å². The number of aryl methyl sites for hydroxylation is 1. The smallest absolute Gasteiger partial charge is 0.273 e. The van der Waals surface area contributed by atoms with Gasteiger partial charge in [0.2, 0.25) is 0 Å². The number of hydrogen-bond donors (Lipinski definition) is 1. The Morgan fingerprint density at radius 2 is 2.17 bits per heavy atom. The first-order valence-electron chi connectivity index (χ1n) is 5.74. The lowest BCUT2D eigenvalue weighted by Gasteiger charge is -2.08. The molecule has 1 N–H and O–H groups in total. The second-order valence-corrected chi connectivity index (χ2v) is 3.92. The van der Waals surface area contributed by atoms with Crippen molar-refractivity contribution in [3.63, 3.8) is 0 Å². The number of aromatic nitrogens is 2. The van der Waals surface area contributed by atoms with Gasteiger partial charge in [0.05, 0.1) is 17.1 Å². The molecule has 1 aromatic carbocycles. The fourth-order valence-corrected chi connectivity index (χ4v) is 1.88. The van der Waals surface area contributed by atoms with Gasteiger partial charge < -0.3 is 5.11 Å².